The van der Waals surface area contributed by atoms with Crippen LogP contribution in [-0.2, 0) is 6.61 Å². The Kier molecular flexibility index (Phi) is 6.85. The number of carbonyl (C=O) groups excluding carboxylic acids is 1. The lowest BCUT2D eigenvalue weighted by Gasteiger charge is -2.28. The van der Waals surface area contributed by atoms with Crippen molar-refractivity contribution in [1.82, 2.24) is 15.6 Å². The molecule has 0 spiro atoms. The Labute approximate surface area is 165 Å². The van der Waals surface area contributed by atoms with E-state index in [1.165, 1.54) is 0 Å². The quantitative estimate of drug-likeness (QED) is 0.792. The number of carbonyl (C=O) groups is 1. The van der Waals surface area contributed by atoms with E-state index in [-0.39, 0.29) is 24.0 Å². The molecule has 1 heterocycles. The monoisotopic (exact) mass is 378 g/mol. The maximum atomic E-state index is 12.3. The van der Waals surface area contributed by atoms with Crippen LogP contribution in [-0.4, -0.2) is 17.1 Å². The van der Waals surface area contributed by atoms with Crippen LogP contribution in [0.15, 0.2) is 48.8 Å². The van der Waals surface area contributed by atoms with Crippen molar-refractivity contribution in [3.05, 3.63) is 59.9 Å². The van der Waals surface area contributed by atoms with Crippen LogP contribution >= 0.6 is 0 Å². The Morgan fingerprint density at radius 3 is 2.79 bits per heavy atom. The van der Waals surface area contributed by atoms with Gasteiger partial charge in [0.1, 0.15) is 12.4 Å². The lowest BCUT2D eigenvalue weighted by Crippen LogP contribution is -2.47. The number of pyridine rings is 1. The predicted octanol–water partition coefficient (Wildman–Crippen LogP) is 4.10. The first-order valence-corrected chi connectivity index (χ1v) is 9.74. The van der Waals surface area contributed by atoms with Crippen molar-refractivity contribution in [1.29, 1.82) is 5.26 Å². The Morgan fingerprint density at radius 2 is 2.07 bits per heavy atom. The summed E-state index contributed by atoms with van der Waals surface area (Å²) in [6, 6.07) is 13.4. The molecule has 3 rings (SSSR count). The molecular formula is C22H26N4O2. The smallest absolute Gasteiger partial charge is 0.315 e. The summed E-state index contributed by atoms with van der Waals surface area (Å²) >= 11 is 0. The highest BCUT2D eigenvalue weighted by molar-refractivity contribution is 5.74. The van der Waals surface area contributed by atoms with E-state index in [1.54, 1.807) is 12.4 Å². The molecule has 2 amide bonds. The second kappa shape index (κ2) is 9.75. The van der Waals surface area contributed by atoms with Gasteiger partial charge < -0.3 is 15.4 Å². The van der Waals surface area contributed by atoms with Gasteiger partial charge in [0.15, 0.2) is 0 Å². The van der Waals surface area contributed by atoms with Gasteiger partial charge in [0.2, 0.25) is 0 Å². The predicted molar refractivity (Wildman–Crippen MR) is 106 cm³/mol. The minimum atomic E-state index is -0.225. The molecule has 6 heteroatoms. The van der Waals surface area contributed by atoms with Crippen LogP contribution in [0.5, 0.6) is 5.75 Å². The number of aromatic nitrogens is 1. The SMILES string of the molecule is CC(NC(=O)NC1CCCCC1C#N)c1ccc(OCc2cccnc2)cc1. The molecular weight excluding hydrogens is 352 g/mol. The Bertz CT molecular complexity index is 802. The van der Waals surface area contributed by atoms with Gasteiger partial charge in [0.05, 0.1) is 18.0 Å². The van der Waals surface area contributed by atoms with Gasteiger partial charge in [-0.3, -0.25) is 4.98 Å². The number of nitrogens with zero attached hydrogens (tertiary/aromatic N) is 2. The third kappa shape index (κ3) is 5.46. The van der Waals surface area contributed by atoms with Crippen molar-refractivity contribution < 1.29 is 9.53 Å². The number of hydrogen-bond donors (Lipinski definition) is 2. The maximum absolute atomic E-state index is 12.3. The van der Waals surface area contributed by atoms with Crippen LogP contribution in [0.25, 0.3) is 0 Å². The molecule has 2 N–H and O–H groups in total. The molecule has 6 nitrogen and oxygen atoms in total. The summed E-state index contributed by atoms with van der Waals surface area (Å²) in [7, 11) is 0. The first-order valence-electron chi connectivity index (χ1n) is 9.74. The van der Waals surface area contributed by atoms with Crippen molar-refractivity contribution in [2.24, 2.45) is 5.92 Å². The normalized spacial score (nSPS) is 19.9. The van der Waals surface area contributed by atoms with Gasteiger partial charge in [-0.05, 0) is 43.5 Å². The Morgan fingerprint density at radius 1 is 1.29 bits per heavy atom. The number of ether oxygens (including phenoxy) is 1. The number of hydrogen-bond acceptors (Lipinski definition) is 4. The summed E-state index contributed by atoms with van der Waals surface area (Å²) in [6.07, 6.45) is 7.35. The summed E-state index contributed by atoms with van der Waals surface area (Å²) in [5, 5.41) is 15.2. The van der Waals surface area contributed by atoms with Gasteiger partial charge >= 0.3 is 6.03 Å². The Hall–Kier alpha value is -3.07. The van der Waals surface area contributed by atoms with Crippen molar-refractivity contribution in [3.8, 4) is 11.8 Å². The van der Waals surface area contributed by atoms with E-state index >= 15 is 0 Å². The summed E-state index contributed by atoms with van der Waals surface area (Å²) in [6.45, 7) is 2.40. The fraction of sp³-hybridized carbons (Fsp3) is 0.409. The van der Waals surface area contributed by atoms with E-state index in [4.69, 9.17) is 4.74 Å². The fourth-order valence-corrected chi connectivity index (χ4v) is 3.45. The van der Waals surface area contributed by atoms with Crippen LogP contribution < -0.4 is 15.4 Å². The number of benzene rings is 1. The number of rotatable bonds is 6. The standard InChI is InChI=1S/C22H26N4O2/c1-16(25-22(27)26-21-7-3-2-6-19(21)13-23)18-8-10-20(11-9-18)28-15-17-5-4-12-24-14-17/h4-5,8-12,14,16,19,21H,2-3,6-7,15H2,1H3,(H2,25,26,27). The molecule has 146 valence electrons. The van der Waals surface area contributed by atoms with Crippen molar-refractivity contribution in [2.45, 2.75) is 51.3 Å². The van der Waals surface area contributed by atoms with E-state index in [0.29, 0.717) is 6.61 Å². The topological polar surface area (TPSA) is 87.0 Å². The second-order valence-corrected chi connectivity index (χ2v) is 7.19. The van der Waals surface area contributed by atoms with Gasteiger partial charge in [0.25, 0.3) is 0 Å². The molecule has 28 heavy (non-hydrogen) atoms. The summed E-state index contributed by atoms with van der Waals surface area (Å²) in [5.41, 5.74) is 2.00. The number of amides is 2. The van der Waals surface area contributed by atoms with E-state index in [1.807, 2.05) is 43.3 Å². The van der Waals surface area contributed by atoms with Crippen molar-refractivity contribution >= 4 is 6.03 Å². The van der Waals surface area contributed by atoms with Gasteiger partial charge in [-0.15, -0.1) is 0 Å². The molecule has 0 radical (unpaired) electrons. The van der Waals surface area contributed by atoms with Crippen molar-refractivity contribution in [2.75, 3.05) is 0 Å². The molecule has 3 atom stereocenters. The molecule has 1 aliphatic rings. The third-order valence-corrected chi connectivity index (χ3v) is 5.10. The average molecular weight is 378 g/mol. The number of nitriles is 1. The minimum absolute atomic E-state index is 0.0609. The largest absolute Gasteiger partial charge is 0.489 e. The highest BCUT2D eigenvalue weighted by Crippen LogP contribution is 2.24. The molecule has 1 aliphatic carbocycles. The van der Waals surface area contributed by atoms with E-state index in [2.05, 4.69) is 21.7 Å². The van der Waals surface area contributed by atoms with Crippen LogP contribution in [0.1, 0.15) is 49.8 Å². The minimum Gasteiger partial charge on any atom is -0.489 e. The van der Waals surface area contributed by atoms with Crippen molar-refractivity contribution in [3.63, 3.8) is 0 Å². The highest BCUT2D eigenvalue weighted by atomic mass is 16.5. The van der Waals surface area contributed by atoms with Gasteiger partial charge in [-0.25, -0.2) is 4.79 Å². The van der Waals surface area contributed by atoms with Crippen LogP contribution in [0.4, 0.5) is 4.79 Å². The van der Waals surface area contributed by atoms with Crippen LogP contribution in [0, 0.1) is 17.2 Å². The first-order chi connectivity index (χ1) is 13.7. The molecule has 1 saturated carbocycles. The highest BCUT2D eigenvalue weighted by Gasteiger charge is 2.26. The Balaban J connectivity index is 1.49. The second-order valence-electron chi connectivity index (χ2n) is 7.19. The molecule has 1 aromatic carbocycles. The van der Waals surface area contributed by atoms with E-state index < -0.39 is 0 Å². The number of urea groups is 1. The maximum Gasteiger partial charge on any atom is 0.315 e. The average Bonchev–Trinajstić information content (AvgIpc) is 2.73. The zero-order chi connectivity index (χ0) is 19.8. The molecule has 0 aliphatic heterocycles. The lowest BCUT2D eigenvalue weighted by atomic mass is 9.85. The van der Waals surface area contributed by atoms with Crippen LogP contribution in [0.2, 0.25) is 0 Å². The zero-order valence-corrected chi connectivity index (χ0v) is 16.1. The van der Waals surface area contributed by atoms with E-state index in [0.717, 1.165) is 42.6 Å². The van der Waals surface area contributed by atoms with Crippen LogP contribution in [0.3, 0.4) is 0 Å². The van der Waals surface area contributed by atoms with Gasteiger partial charge in [-0.1, -0.05) is 31.0 Å². The molecule has 2 aromatic rings. The fourth-order valence-electron chi connectivity index (χ4n) is 3.45. The lowest BCUT2D eigenvalue weighted by molar-refractivity contribution is 0.224. The molecule has 1 fully saturated rings. The molecule has 1 aromatic heterocycles. The summed E-state index contributed by atoms with van der Waals surface area (Å²) in [5.74, 6) is 0.675. The first kappa shape index (κ1) is 19.7. The third-order valence-electron chi connectivity index (χ3n) is 5.10. The molecule has 3 unspecified atom stereocenters. The molecule has 0 bridgehead atoms. The van der Waals surface area contributed by atoms with Gasteiger partial charge in [-0.2, -0.15) is 5.26 Å². The number of nitrogens with one attached hydrogen (secondary N) is 2. The zero-order valence-electron chi connectivity index (χ0n) is 16.1. The summed E-state index contributed by atoms with van der Waals surface area (Å²) < 4.78 is 5.76. The molecule has 0 saturated heterocycles. The van der Waals surface area contributed by atoms with Gasteiger partial charge in [0, 0.05) is 24.0 Å². The van der Waals surface area contributed by atoms with E-state index in [9.17, 15) is 10.1 Å². The summed E-state index contributed by atoms with van der Waals surface area (Å²) in [4.78, 5) is 16.4.